The fraction of sp³-hybridized carbons (Fsp3) is 0.522. The van der Waals surface area contributed by atoms with Gasteiger partial charge in [0.1, 0.15) is 11.5 Å². The molecule has 1 aromatic carbocycles. The quantitative estimate of drug-likeness (QED) is 0.457. The highest BCUT2D eigenvalue weighted by Crippen LogP contribution is 2.25. The molecule has 0 amide bonds. The van der Waals surface area contributed by atoms with Gasteiger partial charge in [0.2, 0.25) is 0 Å². The lowest BCUT2D eigenvalue weighted by molar-refractivity contribution is 0.301. The Bertz CT molecular complexity index is 818. The van der Waals surface area contributed by atoms with Crippen LogP contribution >= 0.6 is 11.3 Å². The van der Waals surface area contributed by atoms with Crippen LogP contribution in [-0.2, 0) is 6.54 Å². The minimum atomic E-state index is 0.321. The second-order valence-electron chi connectivity index (χ2n) is 8.03. The summed E-state index contributed by atoms with van der Waals surface area (Å²) in [5.41, 5.74) is 1.20. The molecule has 1 aliphatic rings. The molecule has 2 atom stereocenters. The van der Waals surface area contributed by atoms with Gasteiger partial charge in [0.05, 0.1) is 20.3 Å². The molecule has 1 aliphatic heterocycles. The minimum Gasteiger partial charge on any atom is -0.497 e. The lowest BCUT2D eigenvalue weighted by Crippen LogP contribution is -2.46. The summed E-state index contributed by atoms with van der Waals surface area (Å²) in [6.45, 7) is 3.71. The first-order valence-corrected chi connectivity index (χ1v) is 11.5. The van der Waals surface area contributed by atoms with Crippen LogP contribution in [-0.4, -0.2) is 76.8 Å². The van der Waals surface area contributed by atoms with E-state index < -0.39 is 0 Å². The second kappa shape index (κ2) is 11.4. The topological polar surface area (TPSA) is 61.4 Å². The smallest absolute Gasteiger partial charge is 0.191 e. The number of likely N-dealkylation sites (tertiary alicyclic amines) is 1. The molecule has 170 valence electrons. The molecule has 31 heavy (non-hydrogen) atoms. The molecule has 2 N–H and O–H groups in total. The third kappa shape index (κ3) is 6.59. The highest BCUT2D eigenvalue weighted by Gasteiger charge is 2.24. The highest BCUT2D eigenvalue weighted by atomic mass is 32.1. The first-order valence-electron chi connectivity index (χ1n) is 10.6. The molecule has 8 heteroatoms. The van der Waals surface area contributed by atoms with Crippen LogP contribution in [0.4, 0.5) is 0 Å². The van der Waals surface area contributed by atoms with Gasteiger partial charge in [0, 0.05) is 50.2 Å². The largest absolute Gasteiger partial charge is 0.497 e. The van der Waals surface area contributed by atoms with Gasteiger partial charge < -0.3 is 25.0 Å². The average molecular weight is 446 g/mol. The van der Waals surface area contributed by atoms with Crippen molar-refractivity contribution in [2.75, 3.05) is 55.0 Å². The van der Waals surface area contributed by atoms with Crippen LogP contribution in [0, 0.1) is 0 Å². The van der Waals surface area contributed by atoms with E-state index in [1.54, 1.807) is 25.6 Å². The fourth-order valence-corrected chi connectivity index (χ4v) is 4.83. The van der Waals surface area contributed by atoms with E-state index in [9.17, 15) is 0 Å². The van der Waals surface area contributed by atoms with Crippen LogP contribution in [0.25, 0.3) is 0 Å². The molecule has 2 aromatic rings. The molecule has 2 heterocycles. The van der Waals surface area contributed by atoms with Gasteiger partial charge >= 0.3 is 0 Å². The Morgan fingerprint density at radius 2 is 2.00 bits per heavy atom. The SMILES string of the molecule is CN=C(NCC(c1cccs1)N(C)C)NC1CCN(Cc2cc(OC)cc(OC)c2)C1. The summed E-state index contributed by atoms with van der Waals surface area (Å²) in [5.74, 6) is 2.52. The van der Waals surface area contributed by atoms with Crippen molar-refractivity contribution >= 4 is 17.3 Å². The van der Waals surface area contributed by atoms with Gasteiger partial charge in [0.25, 0.3) is 0 Å². The van der Waals surface area contributed by atoms with Crippen molar-refractivity contribution in [2.45, 2.75) is 25.0 Å². The van der Waals surface area contributed by atoms with Crippen molar-refractivity contribution in [3.63, 3.8) is 0 Å². The molecule has 1 aromatic heterocycles. The Balaban J connectivity index is 1.51. The molecule has 7 nitrogen and oxygen atoms in total. The average Bonchev–Trinajstić information content (AvgIpc) is 3.45. The summed E-state index contributed by atoms with van der Waals surface area (Å²) in [6.07, 6.45) is 1.09. The second-order valence-corrected chi connectivity index (χ2v) is 9.01. The third-order valence-corrected chi connectivity index (χ3v) is 6.59. The summed E-state index contributed by atoms with van der Waals surface area (Å²) < 4.78 is 10.8. The number of hydrogen-bond donors (Lipinski definition) is 2. The Hall–Kier alpha value is -2.29. The van der Waals surface area contributed by atoms with Crippen LogP contribution in [0.1, 0.15) is 22.9 Å². The molecule has 0 aliphatic carbocycles. The number of nitrogens with one attached hydrogen (secondary N) is 2. The highest BCUT2D eigenvalue weighted by molar-refractivity contribution is 7.10. The van der Waals surface area contributed by atoms with Gasteiger partial charge in [-0.15, -0.1) is 11.3 Å². The summed E-state index contributed by atoms with van der Waals surface area (Å²) >= 11 is 1.79. The van der Waals surface area contributed by atoms with E-state index in [0.717, 1.165) is 50.1 Å². The molecule has 1 fully saturated rings. The van der Waals surface area contributed by atoms with Crippen LogP contribution in [0.15, 0.2) is 40.7 Å². The Labute approximate surface area is 190 Å². The summed E-state index contributed by atoms with van der Waals surface area (Å²) in [4.78, 5) is 10.5. The maximum Gasteiger partial charge on any atom is 0.191 e. The van der Waals surface area contributed by atoms with E-state index in [-0.39, 0.29) is 0 Å². The monoisotopic (exact) mass is 445 g/mol. The van der Waals surface area contributed by atoms with Crippen molar-refractivity contribution in [1.29, 1.82) is 0 Å². The molecular weight excluding hydrogens is 410 g/mol. The molecular formula is C23H35N5O2S. The van der Waals surface area contributed by atoms with Crippen LogP contribution in [0.2, 0.25) is 0 Å². The minimum absolute atomic E-state index is 0.321. The van der Waals surface area contributed by atoms with E-state index in [1.807, 2.05) is 13.1 Å². The van der Waals surface area contributed by atoms with E-state index in [0.29, 0.717) is 12.1 Å². The number of methoxy groups -OCH3 is 2. The zero-order chi connectivity index (χ0) is 22.2. The number of benzene rings is 1. The number of rotatable bonds is 9. The first-order chi connectivity index (χ1) is 15.0. The van der Waals surface area contributed by atoms with Gasteiger partial charge in [-0.1, -0.05) is 6.07 Å². The zero-order valence-electron chi connectivity index (χ0n) is 19.2. The summed E-state index contributed by atoms with van der Waals surface area (Å²) in [7, 11) is 9.44. The molecule has 0 radical (unpaired) electrons. The van der Waals surface area contributed by atoms with Gasteiger partial charge in [-0.25, -0.2) is 0 Å². The fourth-order valence-electron chi connectivity index (χ4n) is 3.91. The normalized spacial score (nSPS) is 18.3. The molecule has 3 rings (SSSR count). The van der Waals surface area contributed by atoms with Crippen molar-refractivity contribution < 1.29 is 9.47 Å². The van der Waals surface area contributed by atoms with E-state index in [1.165, 1.54) is 10.4 Å². The van der Waals surface area contributed by atoms with E-state index in [2.05, 4.69) is 69.2 Å². The summed E-state index contributed by atoms with van der Waals surface area (Å²) in [6, 6.07) is 11.1. The van der Waals surface area contributed by atoms with Gasteiger partial charge in [-0.3, -0.25) is 9.89 Å². The number of hydrogen-bond acceptors (Lipinski definition) is 6. The zero-order valence-corrected chi connectivity index (χ0v) is 20.0. The predicted molar refractivity (Wildman–Crippen MR) is 128 cm³/mol. The number of likely N-dealkylation sites (N-methyl/N-ethyl adjacent to an activating group) is 1. The third-order valence-electron chi connectivity index (χ3n) is 5.61. The van der Waals surface area contributed by atoms with Crippen molar-refractivity contribution in [1.82, 2.24) is 20.4 Å². The Morgan fingerprint density at radius 1 is 1.26 bits per heavy atom. The van der Waals surface area contributed by atoms with Gasteiger partial charge in [-0.2, -0.15) is 0 Å². The van der Waals surface area contributed by atoms with Gasteiger partial charge in [-0.05, 0) is 49.7 Å². The van der Waals surface area contributed by atoms with Crippen LogP contribution < -0.4 is 20.1 Å². The molecule has 0 saturated carbocycles. The maximum absolute atomic E-state index is 5.40. The van der Waals surface area contributed by atoms with E-state index >= 15 is 0 Å². The standard InChI is InChI=1S/C23H35N5O2S/c1-24-23(25-14-21(27(2)3)22-7-6-10-31-22)26-18-8-9-28(16-18)15-17-11-19(29-4)13-20(12-17)30-5/h6-7,10-13,18,21H,8-9,14-16H2,1-5H3,(H2,24,25,26). The van der Waals surface area contributed by atoms with Gasteiger partial charge in [0.15, 0.2) is 5.96 Å². The molecule has 0 spiro atoms. The lowest BCUT2D eigenvalue weighted by atomic mass is 10.2. The Morgan fingerprint density at radius 3 is 2.58 bits per heavy atom. The first kappa shape index (κ1) is 23.4. The predicted octanol–water partition coefficient (Wildman–Crippen LogP) is 2.81. The number of guanidine groups is 1. The molecule has 0 bridgehead atoms. The van der Waals surface area contributed by atoms with Crippen molar-refractivity contribution in [2.24, 2.45) is 4.99 Å². The maximum atomic E-state index is 5.40. The lowest BCUT2D eigenvalue weighted by Gasteiger charge is -2.25. The van der Waals surface area contributed by atoms with Crippen molar-refractivity contribution in [3.05, 3.63) is 46.2 Å². The Kier molecular flexibility index (Phi) is 8.57. The number of aliphatic imine (C=N–C) groups is 1. The van der Waals surface area contributed by atoms with Crippen molar-refractivity contribution in [3.8, 4) is 11.5 Å². The number of ether oxygens (including phenoxy) is 2. The summed E-state index contributed by atoms with van der Waals surface area (Å²) in [5, 5.41) is 9.24. The molecule has 1 saturated heterocycles. The molecule has 2 unspecified atom stereocenters. The van der Waals surface area contributed by atoms with Crippen LogP contribution in [0.3, 0.4) is 0 Å². The van der Waals surface area contributed by atoms with E-state index in [4.69, 9.17) is 9.47 Å². The number of thiophene rings is 1. The number of nitrogens with zero attached hydrogens (tertiary/aromatic N) is 3. The van der Waals surface area contributed by atoms with Crippen LogP contribution in [0.5, 0.6) is 11.5 Å².